The molecular weight excluding hydrogens is 437 g/mol. The van der Waals surface area contributed by atoms with Crippen LogP contribution < -0.4 is 0 Å². The molecule has 0 fully saturated rings. The van der Waals surface area contributed by atoms with Gasteiger partial charge in [-0.05, 0) is 24.3 Å². The van der Waals surface area contributed by atoms with E-state index in [0.717, 1.165) is 6.26 Å². The van der Waals surface area contributed by atoms with Crippen LogP contribution in [0.15, 0.2) is 52.6 Å². The van der Waals surface area contributed by atoms with E-state index in [1.807, 2.05) is 0 Å². The van der Waals surface area contributed by atoms with Gasteiger partial charge in [-0.3, -0.25) is 9.56 Å². The maximum Gasteiger partial charge on any atom is 0.356 e. The molecule has 10 heteroatoms. The zero-order valence-electron chi connectivity index (χ0n) is 14.9. The normalized spacial score (nSPS) is 13.3. The number of hydrogen-bond acceptors (Lipinski definition) is 5. The lowest BCUT2D eigenvalue weighted by Gasteiger charge is -2.14. The maximum absolute atomic E-state index is 12.4. The third-order valence-corrected chi connectivity index (χ3v) is 5.95. The lowest BCUT2D eigenvalue weighted by Crippen LogP contribution is -2.12. The van der Waals surface area contributed by atoms with E-state index in [4.69, 9.17) is 23.2 Å². The van der Waals surface area contributed by atoms with E-state index in [9.17, 15) is 18.3 Å². The van der Waals surface area contributed by atoms with Crippen molar-refractivity contribution in [3.8, 4) is 5.69 Å². The van der Waals surface area contributed by atoms with Gasteiger partial charge in [0, 0.05) is 27.4 Å². The second-order valence-corrected chi connectivity index (χ2v) is 9.16. The summed E-state index contributed by atoms with van der Waals surface area (Å²) in [6, 6.07) is 11.9. The largest absolute Gasteiger partial charge is 0.476 e. The molecule has 3 aromatic rings. The van der Waals surface area contributed by atoms with Crippen LogP contribution in [0, 0.1) is 0 Å². The summed E-state index contributed by atoms with van der Waals surface area (Å²) in [6.45, 7) is -0.100. The van der Waals surface area contributed by atoms with Crippen LogP contribution in [0.25, 0.3) is 5.69 Å². The van der Waals surface area contributed by atoms with Gasteiger partial charge >= 0.3 is 5.97 Å². The van der Waals surface area contributed by atoms with Gasteiger partial charge in [0.2, 0.25) is 15.0 Å². The molecule has 2 heterocycles. The van der Waals surface area contributed by atoms with E-state index in [1.54, 1.807) is 42.5 Å². The number of hydrogen-bond donors (Lipinski definition) is 1. The number of rotatable bonds is 3. The molecule has 1 N–H and O–H groups in total. The Hall–Kier alpha value is -2.68. The van der Waals surface area contributed by atoms with Gasteiger partial charge in [-0.15, -0.1) is 0 Å². The van der Waals surface area contributed by atoms with E-state index >= 15 is 0 Å². The first-order valence-electron chi connectivity index (χ1n) is 8.33. The highest BCUT2D eigenvalue weighted by Crippen LogP contribution is 2.33. The monoisotopic (exact) mass is 449 g/mol. The number of carboxylic acids is 1. The van der Waals surface area contributed by atoms with Crippen molar-refractivity contribution >= 4 is 44.7 Å². The Bertz CT molecular complexity index is 1310. The van der Waals surface area contributed by atoms with Crippen LogP contribution >= 0.6 is 23.2 Å². The molecule has 0 amide bonds. The van der Waals surface area contributed by atoms with Crippen LogP contribution in [0.3, 0.4) is 0 Å². The number of nitrogens with zero attached hydrogens (tertiary/aromatic N) is 3. The van der Waals surface area contributed by atoms with Gasteiger partial charge in [-0.1, -0.05) is 41.4 Å². The average Bonchev–Trinajstić information content (AvgIpc) is 2.96. The average molecular weight is 450 g/mol. The second kappa shape index (κ2) is 6.98. The molecule has 1 aliphatic heterocycles. The number of halogens is 2. The smallest absolute Gasteiger partial charge is 0.356 e. The zero-order valence-corrected chi connectivity index (χ0v) is 17.3. The van der Waals surface area contributed by atoms with Crippen LogP contribution in [0.5, 0.6) is 0 Å². The van der Waals surface area contributed by atoms with Crippen molar-refractivity contribution in [2.24, 2.45) is 4.99 Å². The molecule has 4 rings (SSSR count). The summed E-state index contributed by atoms with van der Waals surface area (Å²) in [5.74, 6) is -1.34. The topological polar surface area (TPSA) is 102 Å². The fourth-order valence-electron chi connectivity index (χ4n) is 3.26. The lowest BCUT2D eigenvalue weighted by atomic mass is 10.0. The Kier molecular flexibility index (Phi) is 4.72. The summed E-state index contributed by atoms with van der Waals surface area (Å²) in [4.78, 5) is 20.2. The van der Waals surface area contributed by atoms with E-state index in [2.05, 4.69) is 9.98 Å². The van der Waals surface area contributed by atoms with Crippen LogP contribution in [-0.2, 0) is 16.4 Å². The van der Waals surface area contributed by atoms with Crippen LogP contribution in [-0.4, -0.2) is 41.0 Å². The highest BCUT2D eigenvalue weighted by Gasteiger charge is 2.31. The van der Waals surface area contributed by atoms with Crippen molar-refractivity contribution in [2.45, 2.75) is 11.7 Å². The number of benzene rings is 2. The van der Waals surface area contributed by atoms with Crippen LogP contribution in [0.1, 0.15) is 27.3 Å². The minimum Gasteiger partial charge on any atom is -0.476 e. The highest BCUT2D eigenvalue weighted by atomic mass is 35.5. The summed E-state index contributed by atoms with van der Waals surface area (Å²) < 4.78 is 26.1. The van der Waals surface area contributed by atoms with Crippen molar-refractivity contribution in [1.29, 1.82) is 0 Å². The zero-order chi connectivity index (χ0) is 20.9. The van der Waals surface area contributed by atoms with E-state index < -0.39 is 15.8 Å². The van der Waals surface area contributed by atoms with Crippen LogP contribution in [0.4, 0.5) is 0 Å². The van der Waals surface area contributed by atoms with E-state index in [-0.39, 0.29) is 23.1 Å². The number of carboxylic acid groups (broad SMARTS) is 1. The van der Waals surface area contributed by atoms with Crippen molar-refractivity contribution in [1.82, 2.24) is 9.55 Å². The minimum absolute atomic E-state index is 0.100. The summed E-state index contributed by atoms with van der Waals surface area (Å²) in [5, 5.41) is 10.1. The van der Waals surface area contributed by atoms with Gasteiger partial charge < -0.3 is 5.11 Å². The third kappa shape index (κ3) is 3.33. The molecule has 0 unspecified atom stereocenters. The minimum atomic E-state index is -3.84. The molecule has 29 heavy (non-hydrogen) atoms. The molecule has 2 aromatic carbocycles. The predicted octanol–water partition coefficient (Wildman–Crippen LogP) is 3.63. The lowest BCUT2D eigenvalue weighted by molar-refractivity contribution is 0.0689. The van der Waals surface area contributed by atoms with Gasteiger partial charge in [0.1, 0.15) is 0 Å². The number of aliphatic imine (C=N–C) groups is 1. The van der Waals surface area contributed by atoms with Gasteiger partial charge in [0.25, 0.3) is 0 Å². The third-order valence-electron chi connectivity index (χ3n) is 4.45. The molecule has 0 spiro atoms. The number of carbonyl (C=O) groups is 1. The molecule has 0 saturated heterocycles. The molecule has 0 bridgehead atoms. The fraction of sp³-hybridized carbons (Fsp3) is 0.105. The quantitative estimate of drug-likeness (QED) is 0.657. The van der Waals surface area contributed by atoms with Crippen molar-refractivity contribution in [3.63, 3.8) is 0 Å². The first-order chi connectivity index (χ1) is 13.7. The van der Waals surface area contributed by atoms with Crippen molar-refractivity contribution < 1.29 is 18.3 Å². The number of sulfone groups is 1. The molecule has 0 aliphatic carbocycles. The van der Waals surface area contributed by atoms with Crippen LogP contribution in [0.2, 0.25) is 10.0 Å². The number of aromatic carboxylic acids is 1. The van der Waals surface area contributed by atoms with E-state index in [1.165, 1.54) is 4.57 Å². The molecule has 1 aromatic heterocycles. The van der Waals surface area contributed by atoms with Crippen molar-refractivity contribution in [2.75, 3.05) is 6.26 Å². The summed E-state index contributed by atoms with van der Waals surface area (Å²) in [7, 11) is -3.84. The Labute approximate surface area is 176 Å². The molecular formula is C19H13Cl2N3O4S. The molecule has 148 valence electrons. The Morgan fingerprint density at radius 2 is 1.86 bits per heavy atom. The molecule has 0 atom stereocenters. The first-order valence-corrected chi connectivity index (χ1v) is 11.0. The standard InChI is InChI=1S/C19H13Cl2N3O4S/c1-29(27,28)19-23-17(18(25)26)15-9-22-16(11-4-2-3-5-13(11)21)12-8-10(20)6-7-14(12)24(15)19/h2-8H,9H2,1H3,(H,25,26). The SMILES string of the molecule is CS(=O)(=O)c1nc(C(=O)O)c2n1-c1ccc(Cl)cc1C(c1ccccc1Cl)=NC2. The Morgan fingerprint density at radius 1 is 1.14 bits per heavy atom. The summed E-state index contributed by atoms with van der Waals surface area (Å²) in [6.07, 6.45) is 0.977. The van der Waals surface area contributed by atoms with Gasteiger partial charge in [0.05, 0.1) is 23.6 Å². The fourth-order valence-corrected chi connectivity index (χ4v) is 4.46. The highest BCUT2D eigenvalue weighted by molar-refractivity contribution is 7.90. The van der Waals surface area contributed by atoms with Crippen molar-refractivity contribution in [3.05, 3.63) is 75.0 Å². The predicted molar refractivity (Wildman–Crippen MR) is 109 cm³/mol. The summed E-state index contributed by atoms with van der Waals surface area (Å²) >= 11 is 12.6. The second-order valence-electron chi connectivity index (χ2n) is 6.41. The summed E-state index contributed by atoms with van der Waals surface area (Å²) in [5.41, 5.74) is 1.81. The van der Waals surface area contributed by atoms with Gasteiger partial charge in [-0.2, -0.15) is 0 Å². The Balaban J connectivity index is 2.12. The maximum atomic E-state index is 12.4. The molecule has 1 aliphatic rings. The molecule has 0 saturated carbocycles. The molecule has 0 radical (unpaired) electrons. The van der Waals surface area contributed by atoms with Gasteiger partial charge in [-0.25, -0.2) is 18.2 Å². The first kappa shape index (κ1) is 19.6. The van der Waals surface area contributed by atoms with E-state index in [0.29, 0.717) is 32.6 Å². The number of fused-ring (bicyclic) bond motifs is 3. The van der Waals surface area contributed by atoms with Gasteiger partial charge in [0.15, 0.2) is 5.69 Å². The number of imidazole rings is 1. The number of aromatic nitrogens is 2. The Morgan fingerprint density at radius 3 is 2.52 bits per heavy atom. The molecule has 7 nitrogen and oxygen atoms in total.